The van der Waals surface area contributed by atoms with Gasteiger partial charge in [0.05, 0.1) is 21.3 Å². The first-order valence-electron chi connectivity index (χ1n) is 7.91. The van der Waals surface area contributed by atoms with E-state index in [0.717, 1.165) is 5.69 Å². The predicted molar refractivity (Wildman–Crippen MR) is 99.0 cm³/mol. The molecule has 0 spiro atoms. The Morgan fingerprint density at radius 2 is 1.56 bits per heavy atom. The number of hydrogen-bond acceptors (Lipinski definition) is 5. The Morgan fingerprint density at radius 3 is 2.04 bits per heavy atom. The van der Waals surface area contributed by atoms with Crippen LogP contribution in [0.3, 0.4) is 0 Å². The molecule has 0 saturated heterocycles. The number of para-hydroxylation sites is 1. The van der Waals surface area contributed by atoms with Gasteiger partial charge in [-0.1, -0.05) is 18.2 Å². The second-order valence-corrected chi connectivity index (χ2v) is 5.51. The quantitative estimate of drug-likeness (QED) is 0.836. The van der Waals surface area contributed by atoms with E-state index in [1.807, 2.05) is 37.3 Å². The number of hydrogen-bond donors (Lipinski definition) is 1. The van der Waals surface area contributed by atoms with E-state index in [1.165, 1.54) is 0 Å². The Kier molecular flexibility index (Phi) is 6.11. The van der Waals surface area contributed by atoms with Gasteiger partial charge in [-0.05, 0) is 19.1 Å². The molecule has 0 fully saturated rings. The lowest BCUT2D eigenvalue weighted by atomic mass is 10.2. The second-order valence-electron chi connectivity index (χ2n) is 5.51. The van der Waals surface area contributed by atoms with Crippen LogP contribution < -0.4 is 24.4 Å². The fourth-order valence-electron chi connectivity index (χ4n) is 2.55. The molecule has 0 aliphatic heterocycles. The van der Waals surface area contributed by atoms with E-state index in [-0.39, 0.29) is 5.91 Å². The van der Waals surface area contributed by atoms with E-state index in [0.29, 0.717) is 22.9 Å². The molecule has 1 atom stereocenters. The van der Waals surface area contributed by atoms with Gasteiger partial charge < -0.3 is 24.4 Å². The number of nitrogens with one attached hydrogen (secondary N) is 1. The molecule has 6 nitrogen and oxygen atoms in total. The fourth-order valence-corrected chi connectivity index (χ4v) is 2.55. The van der Waals surface area contributed by atoms with Crippen LogP contribution in [-0.2, 0) is 4.79 Å². The molecule has 0 heterocycles. The second kappa shape index (κ2) is 8.28. The molecular formula is C19H24N2O4. The first-order valence-corrected chi connectivity index (χ1v) is 7.91. The minimum absolute atomic E-state index is 0.0556. The highest BCUT2D eigenvalue weighted by Gasteiger charge is 2.20. The molecule has 0 radical (unpaired) electrons. The summed E-state index contributed by atoms with van der Waals surface area (Å²) in [6.07, 6.45) is 0. The average molecular weight is 344 g/mol. The van der Waals surface area contributed by atoms with Crippen LogP contribution in [0.25, 0.3) is 0 Å². The Morgan fingerprint density at radius 1 is 1.00 bits per heavy atom. The third-order valence-electron chi connectivity index (χ3n) is 3.89. The molecule has 6 heteroatoms. The molecule has 1 unspecified atom stereocenters. The summed E-state index contributed by atoms with van der Waals surface area (Å²) in [5, 5.41) is 3.19. The number of amides is 1. The lowest BCUT2D eigenvalue weighted by Crippen LogP contribution is -2.39. The van der Waals surface area contributed by atoms with Crippen LogP contribution in [0.1, 0.15) is 6.92 Å². The SMILES string of the molecule is COc1cc(NC(C)C(=O)N(C)c2ccccc2)cc(OC)c1OC. The summed E-state index contributed by atoms with van der Waals surface area (Å²) in [6.45, 7) is 1.81. The number of benzene rings is 2. The maximum atomic E-state index is 12.7. The Bertz CT molecular complexity index is 694. The first-order chi connectivity index (χ1) is 12.0. The molecule has 0 saturated carbocycles. The molecule has 25 heavy (non-hydrogen) atoms. The van der Waals surface area contributed by atoms with Gasteiger partial charge in [0.2, 0.25) is 11.7 Å². The van der Waals surface area contributed by atoms with Crippen molar-refractivity contribution in [2.45, 2.75) is 13.0 Å². The zero-order valence-electron chi connectivity index (χ0n) is 15.2. The highest BCUT2D eigenvalue weighted by Crippen LogP contribution is 2.40. The van der Waals surface area contributed by atoms with Gasteiger partial charge >= 0.3 is 0 Å². The molecule has 0 aromatic heterocycles. The molecule has 0 aliphatic rings. The molecule has 134 valence electrons. The van der Waals surface area contributed by atoms with Gasteiger partial charge in [0.1, 0.15) is 6.04 Å². The number of anilines is 2. The van der Waals surface area contributed by atoms with E-state index < -0.39 is 6.04 Å². The summed E-state index contributed by atoms with van der Waals surface area (Å²) < 4.78 is 16.0. The van der Waals surface area contributed by atoms with Crippen LogP contribution in [0.5, 0.6) is 17.2 Å². The van der Waals surface area contributed by atoms with Gasteiger partial charge in [0.25, 0.3) is 0 Å². The van der Waals surface area contributed by atoms with Crippen LogP contribution in [0.2, 0.25) is 0 Å². The van der Waals surface area contributed by atoms with E-state index in [1.54, 1.807) is 45.4 Å². The fraction of sp³-hybridized carbons (Fsp3) is 0.316. The number of carbonyl (C=O) groups is 1. The standard InChI is InChI=1S/C19H24N2O4/c1-13(19(22)21(2)15-9-7-6-8-10-15)20-14-11-16(23-3)18(25-5)17(12-14)24-4/h6-13,20H,1-5H3. The van der Waals surface area contributed by atoms with Gasteiger partial charge in [-0.2, -0.15) is 0 Å². The number of ether oxygens (including phenoxy) is 3. The van der Waals surface area contributed by atoms with Gasteiger partial charge in [0, 0.05) is 30.6 Å². The monoisotopic (exact) mass is 344 g/mol. The maximum Gasteiger partial charge on any atom is 0.248 e. The summed E-state index contributed by atoms with van der Waals surface area (Å²) in [7, 11) is 6.41. The molecule has 2 aromatic rings. The van der Waals surface area contributed by atoms with E-state index in [4.69, 9.17) is 14.2 Å². The summed E-state index contributed by atoms with van der Waals surface area (Å²) in [5.74, 6) is 1.51. The smallest absolute Gasteiger partial charge is 0.248 e. The number of methoxy groups -OCH3 is 3. The van der Waals surface area contributed by atoms with E-state index in [2.05, 4.69) is 5.32 Å². The lowest BCUT2D eigenvalue weighted by molar-refractivity contribution is -0.118. The molecule has 1 amide bonds. The number of rotatable bonds is 7. The van der Waals surface area contributed by atoms with E-state index >= 15 is 0 Å². The average Bonchev–Trinajstić information content (AvgIpc) is 2.66. The van der Waals surface area contributed by atoms with Crippen molar-refractivity contribution in [3.05, 3.63) is 42.5 Å². The van der Waals surface area contributed by atoms with Gasteiger partial charge in [0.15, 0.2) is 11.5 Å². The van der Waals surface area contributed by atoms with Crippen LogP contribution in [0.4, 0.5) is 11.4 Å². The van der Waals surface area contributed by atoms with Crippen molar-refractivity contribution in [3.63, 3.8) is 0 Å². The Hall–Kier alpha value is -2.89. The van der Waals surface area contributed by atoms with Gasteiger partial charge in [-0.3, -0.25) is 4.79 Å². The molecule has 2 rings (SSSR count). The van der Waals surface area contributed by atoms with Crippen LogP contribution in [0.15, 0.2) is 42.5 Å². The molecule has 0 bridgehead atoms. The number of carbonyl (C=O) groups excluding carboxylic acids is 1. The summed E-state index contributed by atoms with van der Waals surface area (Å²) >= 11 is 0. The van der Waals surface area contributed by atoms with Gasteiger partial charge in [-0.15, -0.1) is 0 Å². The van der Waals surface area contributed by atoms with E-state index in [9.17, 15) is 4.79 Å². The van der Waals surface area contributed by atoms with Crippen molar-refractivity contribution in [1.82, 2.24) is 0 Å². The van der Waals surface area contributed by atoms with Crippen LogP contribution in [-0.4, -0.2) is 40.3 Å². The first kappa shape index (κ1) is 18.4. The predicted octanol–water partition coefficient (Wildman–Crippen LogP) is 3.18. The van der Waals surface area contributed by atoms with Crippen molar-refractivity contribution < 1.29 is 19.0 Å². The zero-order valence-corrected chi connectivity index (χ0v) is 15.2. The topological polar surface area (TPSA) is 60.0 Å². The van der Waals surface area contributed by atoms with Crippen LogP contribution in [0, 0.1) is 0 Å². The molecular weight excluding hydrogens is 320 g/mol. The number of likely N-dealkylation sites (N-methyl/N-ethyl adjacent to an activating group) is 1. The van der Waals surface area contributed by atoms with Crippen molar-refractivity contribution in [1.29, 1.82) is 0 Å². The zero-order chi connectivity index (χ0) is 18.4. The molecule has 1 N–H and O–H groups in total. The summed E-state index contributed by atoms with van der Waals surface area (Å²) in [4.78, 5) is 14.3. The third-order valence-corrected chi connectivity index (χ3v) is 3.89. The molecule has 0 aliphatic carbocycles. The normalized spacial score (nSPS) is 11.4. The van der Waals surface area contributed by atoms with Crippen molar-refractivity contribution >= 4 is 17.3 Å². The van der Waals surface area contributed by atoms with Gasteiger partial charge in [-0.25, -0.2) is 0 Å². The maximum absolute atomic E-state index is 12.7. The highest BCUT2D eigenvalue weighted by atomic mass is 16.5. The summed E-state index contributed by atoms with van der Waals surface area (Å²) in [5.41, 5.74) is 1.54. The van der Waals surface area contributed by atoms with Crippen molar-refractivity contribution in [2.24, 2.45) is 0 Å². The largest absolute Gasteiger partial charge is 0.493 e. The highest BCUT2D eigenvalue weighted by molar-refractivity contribution is 5.98. The minimum atomic E-state index is -0.437. The van der Waals surface area contributed by atoms with Crippen LogP contribution >= 0.6 is 0 Å². The summed E-state index contributed by atoms with van der Waals surface area (Å²) in [6, 6.07) is 12.6. The van der Waals surface area contributed by atoms with Crippen molar-refractivity contribution in [3.8, 4) is 17.2 Å². The Balaban J connectivity index is 2.19. The van der Waals surface area contributed by atoms with Crippen molar-refractivity contribution in [2.75, 3.05) is 38.6 Å². The minimum Gasteiger partial charge on any atom is -0.493 e. The number of nitrogens with zero attached hydrogens (tertiary/aromatic N) is 1. The molecule has 2 aromatic carbocycles. The Labute approximate surface area is 148 Å². The lowest BCUT2D eigenvalue weighted by Gasteiger charge is -2.23. The third kappa shape index (κ3) is 4.15.